The number of carbonyl (C=O) groups excluding carboxylic acids is 1. The van der Waals surface area contributed by atoms with Crippen LogP contribution in [0.1, 0.15) is 30.7 Å². The van der Waals surface area contributed by atoms with Crippen molar-refractivity contribution in [1.29, 1.82) is 0 Å². The van der Waals surface area contributed by atoms with Crippen molar-refractivity contribution < 1.29 is 9.21 Å². The third-order valence-corrected chi connectivity index (χ3v) is 6.00. The lowest BCUT2D eigenvalue weighted by atomic mass is 10.0. The van der Waals surface area contributed by atoms with Crippen LogP contribution in [0.15, 0.2) is 45.4 Å². The second-order valence-corrected chi connectivity index (χ2v) is 8.00. The predicted octanol–water partition coefficient (Wildman–Crippen LogP) is 4.60. The average Bonchev–Trinajstić information content (AvgIpc) is 3.36. The number of nitrogens with zero attached hydrogens (tertiary/aromatic N) is 2. The van der Waals surface area contributed by atoms with Crippen LogP contribution in [0.3, 0.4) is 0 Å². The molecule has 2 heterocycles. The fourth-order valence-electron chi connectivity index (χ4n) is 2.62. The Bertz CT molecular complexity index is 855. The molecule has 0 aliphatic carbocycles. The van der Waals surface area contributed by atoms with Gasteiger partial charge in [0.1, 0.15) is 5.76 Å². The van der Waals surface area contributed by atoms with E-state index >= 15 is 0 Å². The molecule has 0 saturated heterocycles. The van der Waals surface area contributed by atoms with Gasteiger partial charge in [-0.25, -0.2) is 0 Å². The molecule has 0 saturated carbocycles. The van der Waals surface area contributed by atoms with E-state index in [0.29, 0.717) is 17.4 Å². The number of anilines is 2. The summed E-state index contributed by atoms with van der Waals surface area (Å²) in [5, 5.41) is 15.2. The van der Waals surface area contributed by atoms with Gasteiger partial charge in [0.15, 0.2) is 4.34 Å². The molecule has 0 fully saturated rings. The molecule has 0 spiro atoms. The number of furan rings is 1. The van der Waals surface area contributed by atoms with E-state index in [2.05, 4.69) is 46.8 Å². The smallest absolute Gasteiger partial charge is 0.234 e. The molecule has 1 aromatic carbocycles. The van der Waals surface area contributed by atoms with Gasteiger partial charge in [-0.2, -0.15) is 0 Å². The number of hydrogen-bond acceptors (Lipinski definition) is 7. The third-order valence-electron chi connectivity index (χ3n) is 3.99. The van der Waals surface area contributed by atoms with Crippen molar-refractivity contribution in [3.05, 3.63) is 53.5 Å². The van der Waals surface area contributed by atoms with Gasteiger partial charge in [-0.1, -0.05) is 55.1 Å². The number of para-hydroxylation sites is 1. The molecular weight excluding hydrogens is 380 g/mol. The Morgan fingerprint density at radius 2 is 1.93 bits per heavy atom. The number of amides is 1. The first-order valence-corrected chi connectivity index (χ1v) is 10.6. The average molecular weight is 403 g/mol. The maximum absolute atomic E-state index is 12.4. The van der Waals surface area contributed by atoms with E-state index in [4.69, 9.17) is 4.42 Å². The van der Waals surface area contributed by atoms with E-state index in [0.717, 1.165) is 39.8 Å². The zero-order chi connectivity index (χ0) is 19.1. The van der Waals surface area contributed by atoms with Crippen LogP contribution in [0, 0.1) is 0 Å². The molecule has 0 atom stereocenters. The predicted molar refractivity (Wildman–Crippen MR) is 110 cm³/mol. The highest BCUT2D eigenvalue weighted by molar-refractivity contribution is 8.01. The zero-order valence-electron chi connectivity index (χ0n) is 15.3. The Hall–Kier alpha value is -2.32. The lowest BCUT2D eigenvalue weighted by Gasteiger charge is -2.14. The van der Waals surface area contributed by atoms with Crippen molar-refractivity contribution in [2.75, 3.05) is 16.4 Å². The second-order valence-electron chi connectivity index (χ2n) is 5.80. The number of nitrogens with one attached hydrogen (secondary N) is 2. The van der Waals surface area contributed by atoms with Crippen molar-refractivity contribution in [2.24, 2.45) is 0 Å². The molecule has 27 heavy (non-hydrogen) atoms. The Morgan fingerprint density at radius 1 is 1.15 bits per heavy atom. The summed E-state index contributed by atoms with van der Waals surface area (Å²) >= 11 is 2.81. The van der Waals surface area contributed by atoms with Crippen molar-refractivity contribution in [1.82, 2.24) is 10.2 Å². The molecule has 0 aliphatic heterocycles. The number of aryl methyl sites for hydroxylation is 2. The van der Waals surface area contributed by atoms with E-state index in [-0.39, 0.29) is 5.91 Å². The number of benzene rings is 1. The summed E-state index contributed by atoms with van der Waals surface area (Å²) in [5.41, 5.74) is 3.27. The Kier molecular flexibility index (Phi) is 6.89. The minimum absolute atomic E-state index is 0.0316. The molecule has 2 aromatic heterocycles. The fourth-order valence-corrected chi connectivity index (χ4v) is 4.17. The molecule has 1 amide bonds. The SMILES string of the molecule is CCc1cccc(CC)c1NC(=O)CSc1nnc(NCc2ccco2)s1. The highest BCUT2D eigenvalue weighted by Gasteiger charge is 2.12. The number of rotatable bonds is 9. The van der Waals surface area contributed by atoms with Gasteiger partial charge in [-0.05, 0) is 36.1 Å². The van der Waals surface area contributed by atoms with E-state index in [9.17, 15) is 4.79 Å². The van der Waals surface area contributed by atoms with Crippen LogP contribution < -0.4 is 10.6 Å². The molecule has 0 radical (unpaired) electrons. The Labute approximate surface area is 166 Å². The lowest BCUT2D eigenvalue weighted by molar-refractivity contribution is -0.113. The van der Waals surface area contributed by atoms with Gasteiger partial charge in [0.2, 0.25) is 11.0 Å². The minimum atomic E-state index is -0.0316. The van der Waals surface area contributed by atoms with Gasteiger partial charge < -0.3 is 15.1 Å². The molecule has 0 unspecified atom stereocenters. The van der Waals surface area contributed by atoms with Gasteiger partial charge in [-0.15, -0.1) is 10.2 Å². The summed E-state index contributed by atoms with van der Waals surface area (Å²) in [6.07, 6.45) is 3.41. The first-order chi connectivity index (χ1) is 13.2. The molecule has 0 aliphatic rings. The van der Waals surface area contributed by atoms with Crippen LogP contribution in [0.25, 0.3) is 0 Å². The zero-order valence-corrected chi connectivity index (χ0v) is 17.0. The van der Waals surface area contributed by atoms with Crippen LogP contribution in [0.4, 0.5) is 10.8 Å². The van der Waals surface area contributed by atoms with Gasteiger partial charge in [0.25, 0.3) is 0 Å². The van der Waals surface area contributed by atoms with Crippen LogP contribution in [0.2, 0.25) is 0 Å². The number of thioether (sulfide) groups is 1. The number of hydrogen-bond donors (Lipinski definition) is 2. The third kappa shape index (κ3) is 5.33. The molecule has 142 valence electrons. The van der Waals surface area contributed by atoms with Gasteiger partial charge in [0.05, 0.1) is 18.6 Å². The summed E-state index contributed by atoms with van der Waals surface area (Å²) in [6, 6.07) is 9.90. The van der Waals surface area contributed by atoms with Crippen LogP contribution in [-0.4, -0.2) is 21.9 Å². The van der Waals surface area contributed by atoms with E-state index in [1.807, 2.05) is 18.2 Å². The standard InChI is InChI=1S/C19H22N4O2S2/c1-3-13-7-5-8-14(4-2)17(13)21-16(24)12-26-19-23-22-18(27-19)20-11-15-9-6-10-25-15/h5-10H,3-4,11-12H2,1-2H3,(H,20,22)(H,21,24). The highest BCUT2D eigenvalue weighted by Crippen LogP contribution is 2.27. The maximum Gasteiger partial charge on any atom is 0.234 e. The fraction of sp³-hybridized carbons (Fsp3) is 0.316. The van der Waals surface area contributed by atoms with Gasteiger partial charge >= 0.3 is 0 Å². The summed E-state index contributed by atoms with van der Waals surface area (Å²) in [4.78, 5) is 12.4. The Balaban J connectivity index is 1.52. The topological polar surface area (TPSA) is 80.0 Å². The van der Waals surface area contributed by atoms with Crippen LogP contribution in [-0.2, 0) is 24.2 Å². The van der Waals surface area contributed by atoms with Gasteiger partial charge in [-0.3, -0.25) is 4.79 Å². The van der Waals surface area contributed by atoms with E-state index in [1.165, 1.54) is 23.1 Å². The second kappa shape index (κ2) is 9.57. The summed E-state index contributed by atoms with van der Waals surface area (Å²) < 4.78 is 6.03. The molecular formula is C19H22N4O2S2. The summed E-state index contributed by atoms with van der Waals surface area (Å²) in [6.45, 7) is 4.75. The van der Waals surface area contributed by atoms with Crippen molar-refractivity contribution >= 4 is 39.8 Å². The normalized spacial score (nSPS) is 10.7. The molecule has 3 aromatic rings. The first kappa shape index (κ1) is 19.4. The van der Waals surface area contributed by atoms with Crippen LogP contribution in [0.5, 0.6) is 0 Å². The summed E-state index contributed by atoms with van der Waals surface area (Å²) in [7, 11) is 0. The van der Waals surface area contributed by atoms with Crippen molar-refractivity contribution in [3.8, 4) is 0 Å². The monoisotopic (exact) mass is 402 g/mol. The molecule has 3 rings (SSSR count). The van der Waals surface area contributed by atoms with Crippen molar-refractivity contribution in [2.45, 2.75) is 37.6 Å². The first-order valence-electron chi connectivity index (χ1n) is 8.82. The maximum atomic E-state index is 12.4. The summed E-state index contributed by atoms with van der Waals surface area (Å²) in [5.74, 6) is 1.10. The van der Waals surface area contributed by atoms with E-state index in [1.54, 1.807) is 6.26 Å². The molecule has 0 bridgehead atoms. The lowest BCUT2D eigenvalue weighted by Crippen LogP contribution is -2.16. The largest absolute Gasteiger partial charge is 0.467 e. The molecule has 6 nitrogen and oxygen atoms in total. The van der Waals surface area contributed by atoms with Crippen molar-refractivity contribution in [3.63, 3.8) is 0 Å². The van der Waals surface area contributed by atoms with Crippen LogP contribution >= 0.6 is 23.1 Å². The van der Waals surface area contributed by atoms with Gasteiger partial charge in [0, 0.05) is 5.69 Å². The highest BCUT2D eigenvalue weighted by atomic mass is 32.2. The number of carbonyl (C=O) groups is 1. The van der Waals surface area contributed by atoms with E-state index < -0.39 is 0 Å². The Morgan fingerprint density at radius 3 is 2.59 bits per heavy atom. The minimum Gasteiger partial charge on any atom is -0.467 e. The molecule has 2 N–H and O–H groups in total. The quantitative estimate of drug-likeness (QED) is 0.509. The molecule has 8 heteroatoms. The number of aromatic nitrogens is 2.